The minimum absolute atomic E-state index is 0.0218. The molecule has 1 aromatic heterocycles. The fraction of sp³-hybridized carbons (Fsp3) is 0.545. The summed E-state index contributed by atoms with van der Waals surface area (Å²) >= 11 is 1.42. The summed E-state index contributed by atoms with van der Waals surface area (Å²) in [6.07, 6.45) is 2.82. The monoisotopic (exact) mass is 401 g/mol. The van der Waals surface area contributed by atoms with E-state index in [1.54, 1.807) is 0 Å². The van der Waals surface area contributed by atoms with Crippen molar-refractivity contribution in [2.75, 3.05) is 25.0 Å². The minimum atomic E-state index is -0.160. The quantitative estimate of drug-likeness (QED) is 0.715. The average Bonchev–Trinajstić information content (AvgIpc) is 3.02. The summed E-state index contributed by atoms with van der Waals surface area (Å²) in [5.74, 6) is -0.0336. The van der Waals surface area contributed by atoms with Crippen molar-refractivity contribution in [3.8, 4) is 0 Å². The Morgan fingerprint density at radius 3 is 2.71 bits per heavy atom. The van der Waals surface area contributed by atoms with Crippen LogP contribution >= 0.6 is 11.3 Å². The van der Waals surface area contributed by atoms with Gasteiger partial charge in [-0.2, -0.15) is 0 Å². The first kappa shape index (κ1) is 20.8. The molecule has 1 amide bonds. The molecule has 0 spiro atoms. The molecule has 28 heavy (non-hydrogen) atoms. The summed E-state index contributed by atoms with van der Waals surface area (Å²) in [5.41, 5.74) is 1.98. The van der Waals surface area contributed by atoms with Crippen molar-refractivity contribution < 1.29 is 9.53 Å². The van der Waals surface area contributed by atoms with Crippen LogP contribution < -0.4 is 10.6 Å². The van der Waals surface area contributed by atoms with E-state index in [-0.39, 0.29) is 16.9 Å². The van der Waals surface area contributed by atoms with E-state index < -0.39 is 0 Å². The molecular weight excluding hydrogens is 370 g/mol. The molecule has 1 aliphatic heterocycles. The Hall–Kier alpha value is -1.92. The number of nitrogens with zero attached hydrogens (tertiary/aromatic N) is 1. The second-order valence-corrected chi connectivity index (χ2v) is 9.15. The third-order valence-corrected chi connectivity index (χ3v) is 6.56. The molecule has 0 aliphatic carbocycles. The largest absolute Gasteiger partial charge is 0.376 e. The van der Waals surface area contributed by atoms with Crippen molar-refractivity contribution in [2.45, 2.75) is 58.0 Å². The summed E-state index contributed by atoms with van der Waals surface area (Å²) in [4.78, 5) is 17.8. The molecule has 0 radical (unpaired) electrons. The number of thiazole rings is 1. The highest BCUT2D eigenvalue weighted by Gasteiger charge is 2.41. The number of hydrogen-bond donors (Lipinski definition) is 2. The van der Waals surface area contributed by atoms with Crippen LogP contribution in [0.15, 0.2) is 30.3 Å². The number of nitrogens with one attached hydrogen (secondary N) is 2. The van der Waals surface area contributed by atoms with Gasteiger partial charge in [-0.3, -0.25) is 4.79 Å². The van der Waals surface area contributed by atoms with Crippen molar-refractivity contribution in [1.82, 2.24) is 10.3 Å². The zero-order chi connectivity index (χ0) is 20.2. The zero-order valence-electron chi connectivity index (χ0n) is 17.3. The molecule has 2 heterocycles. The Labute approximate surface area is 171 Å². The highest BCUT2D eigenvalue weighted by atomic mass is 32.1. The Morgan fingerprint density at radius 2 is 2.04 bits per heavy atom. The number of anilines is 1. The van der Waals surface area contributed by atoms with Crippen molar-refractivity contribution in [2.24, 2.45) is 0 Å². The lowest BCUT2D eigenvalue weighted by atomic mass is 9.67. The average molecular weight is 402 g/mol. The molecule has 0 saturated carbocycles. The van der Waals surface area contributed by atoms with Crippen molar-refractivity contribution in [1.29, 1.82) is 0 Å². The van der Waals surface area contributed by atoms with E-state index in [1.807, 2.05) is 13.8 Å². The molecule has 2 N–H and O–H groups in total. The van der Waals surface area contributed by atoms with Gasteiger partial charge in [0.1, 0.15) is 4.88 Å². The number of ether oxygens (including phenoxy) is 1. The first-order valence-corrected chi connectivity index (χ1v) is 10.9. The van der Waals surface area contributed by atoms with E-state index >= 15 is 0 Å². The van der Waals surface area contributed by atoms with Crippen LogP contribution in [0, 0.1) is 6.92 Å². The third-order valence-electron chi connectivity index (χ3n) is 5.44. The molecule has 1 aliphatic rings. The molecule has 1 unspecified atom stereocenters. The molecule has 152 valence electrons. The number of aromatic nitrogens is 1. The maximum atomic E-state index is 12.7. The van der Waals surface area contributed by atoms with Gasteiger partial charge in [-0.25, -0.2) is 4.98 Å². The third kappa shape index (κ3) is 4.73. The Kier molecular flexibility index (Phi) is 6.40. The summed E-state index contributed by atoms with van der Waals surface area (Å²) < 4.78 is 5.98. The molecular formula is C22H31N3O2S. The predicted molar refractivity (Wildman–Crippen MR) is 115 cm³/mol. The number of amides is 1. The van der Waals surface area contributed by atoms with Crippen LogP contribution in [0.4, 0.5) is 5.13 Å². The van der Waals surface area contributed by atoms with E-state index in [4.69, 9.17) is 4.74 Å². The van der Waals surface area contributed by atoms with E-state index in [0.29, 0.717) is 11.4 Å². The van der Waals surface area contributed by atoms with Gasteiger partial charge >= 0.3 is 0 Å². The molecule has 1 aromatic carbocycles. The SMILES string of the molecule is CCNc1nc(C)c(C(=O)NCCC2(c3ccccc3)CCOC(C)(C)C2)s1. The standard InChI is InChI=1S/C22H31N3O2S/c1-5-23-20-25-16(2)18(28-20)19(26)24-13-11-22(17-9-7-6-8-10-17)12-14-27-21(3,4)15-22/h6-10H,5,11-15H2,1-4H3,(H,23,25)(H,24,26). The predicted octanol–water partition coefficient (Wildman–Crippen LogP) is 4.53. The smallest absolute Gasteiger partial charge is 0.263 e. The molecule has 0 bridgehead atoms. The summed E-state index contributed by atoms with van der Waals surface area (Å²) in [7, 11) is 0. The summed E-state index contributed by atoms with van der Waals surface area (Å²) in [6.45, 7) is 10.4. The number of benzene rings is 1. The number of aryl methyl sites for hydroxylation is 1. The summed E-state index contributed by atoms with van der Waals surface area (Å²) in [5, 5.41) is 7.11. The molecule has 1 atom stereocenters. The zero-order valence-corrected chi connectivity index (χ0v) is 18.1. The number of carbonyl (C=O) groups excluding carboxylic acids is 1. The van der Waals surface area contributed by atoms with Crippen LogP contribution in [0.1, 0.15) is 61.0 Å². The van der Waals surface area contributed by atoms with E-state index in [0.717, 1.165) is 43.2 Å². The van der Waals surface area contributed by atoms with Gasteiger partial charge in [0.2, 0.25) is 0 Å². The van der Waals surface area contributed by atoms with Gasteiger partial charge in [0.25, 0.3) is 5.91 Å². The molecule has 5 nitrogen and oxygen atoms in total. The maximum absolute atomic E-state index is 12.7. The van der Waals surface area contributed by atoms with Crippen LogP contribution in [-0.4, -0.2) is 36.2 Å². The Balaban J connectivity index is 1.70. The van der Waals surface area contributed by atoms with Gasteiger partial charge in [0, 0.05) is 25.1 Å². The van der Waals surface area contributed by atoms with Crippen LogP contribution in [0.3, 0.4) is 0 Å². The Morgan fingerprint density at radius 1 is 1.29 bits per heavy atom. The molecule has 1 fully saturated rings. The van der Waals surface area contributed by atoms with Gasteiger partial charge in [0.05, 0.1) is 11.3 Å². The second-order valence-electron chi connectivity index (χ2n) is 8.15. The van der Waals surface area contributed by atoms with E-state index in [2.05, 4.69) is 59.8 Å². The van der Waals surface area contributed by atoms with Crippen LogP contribution in [-0.2, 0) is 10.2 Å². The van der Waals surface area contributed by atoms with E-state index in [1.165, 1.54) is 16.9 Å². The lowest BCUT2D eigenvalue weighted by Crippen LogP contribution is -2.45. The van der Waals surface area contributed by atoms with Gasteiger partial charge < -0.3 is 15.4 Å². The lowest BCUT2D eigenvalue weighted by molar-refractivity contribution is -0.0838. The topological polar surface area (TPSA) is 63.2 Å². The highest BCUT2D eigenvalue weighted by Crippen LogP contribution is 2.43. The maximum Gasteiger partial charge on any atom is 0.263 e. The van der Waals surface area contributed by atoms with Crippen LogP contribution in [0.25, 0.3) is 0 Å². The van der Waals surface area contributed by atoms with Crippen molar-refractivity contribution in [3.63, 3.8) is 0 Å². The molecule has 6 heteroatoms. The number of rotatable bonds is 7. The molecule has 3 rings (SSSR count). The minimum Gasteiger partial charge on any atom is -0.376 e. The first-order valence-electron chi connectivity index (χ1n) is 10.0. The van der Waals surface area contributed by atoms with Crippen molar-refractivity contribution >= 4 is 22.4 Å². The normalized spacial score (nSPS) is 21.3. The molecule has 2 aromatic rings. The summed E-state index contributed by atoms with van der Waals surface area (Å²) in [6, 6.07) is 10.7. The highest BCUT2D eigenvalue weighted by molar-refractivity contribution is 7.17. The number of carbonyl (C=O) groups is 1. The van der Waals surface area contributed by atoms with Crippen LogP contribution in [0.2, 0.25) is 0 Å². The first-order chi connectivity index (χ1) is 13.4. The van der Waals surface area contributed by atoms with E-state index in [9.17, 15) is 4.79 Å². The fourth-order valence-electron chi connectivity index (χ4n) is 4.20. The second kappa shape index (κ2) is 8.62. The fourth-order valence-corrected chi connectivity index (χ4v) is 5.15. The molecule has 1 saturated heterocycles. The van der Waals surface area contributed by atoms with Gasteiger partial charge in [-0.05, 0) is 52.5 Å². The van der Waals surface area contributed by atoms with Crippen molar-refractivity contribution in [3.05, 3.63) is 46.5 Å². The number of hydrogen-bond acceptors (Lipinski definition) is 5. The van der Waals surface area contributed by atoms with Gasteiger partial charge in [-0.15, -0.1) is 0 Å². The Bertz CT molecular complexity index is 803. The van der Waals surface area contributed by atoms with Gasteiger partial charge in [-0.1, -0.05) is 41.7 Å². The lowest BCUT2D eigenvalue weighted by Gasteiger charge is -2.45. The van der Waals surface area contributed by atoms with Gasteiger partial charge in [0.15, 0.2) is 5.13 Å². The van der Waals surface area contributed by atoms with Crippen LogP contribution in [0.5, 0.6) is 0 Å².